The van der Waals surface area contributed by atoms with Crippen LogP contribution in [0, 0.1) is 11.3 Å². The standard InChI is InChI=1S/C15H26BrNS/c1-12(2)11-17-10-9-15(3,4)8-7-13-5-6-14(16)18-13/h5-6,12,17H,7-11H2,1-4H3. The number of thiophene rings is 1. The minimum Gasteiger partial charge on any atom is -0.316 e. The van der Waals surface area contributed by atoms with Gasteiger partial charge in [-0.05, 0) is 71.7 Å². The van der Waals surface area contributed by atoms with E-state index in [4.69, 9.17) is 0 Å². The third-order valence-electron chi connectivity index (χ3n) is 3.21. The van der Waals surface area contributed by atoms with E-state index in [2.05, 4.69) is 61.1 Å². The van der Waals surface area contributed by atoms with Crippen LogP contribution in [0.25, 0.3) is 0 Å². The summed E-state index contributed by atoms with van der Waals surface area (Å²) in [4.78, 5) is 1.49. The summed E-state index contributed by atoms with van der Waals surface area (Å²) in [6.45, 7) is 11.5. The molecule has 1 nitrogen and oxygen atoms in total. The van der Waals surface area contributed by atoms with Crippen molar-refractivity contribution in [1.29, 1.82) is 0 Å². The van der Waals surface area contributed by atoms with Crippen LogP contribution in [0.3, 0.4) is 0 Å². The lowest BCUT2D eigenvalue weighted by molar-refractivity contribution is 0.300. The molecule has 0 atom stereocenters. The van der Waals surface area contributed by atoms with Gasteiger partial charge in [-0.25, -0.2) is 0 Å². The highest BCUT2D eigenvalue weighted by atomic mass is 79.9. The van der Waals surface area contributed by atoms with E-state index in [0.717, 1.165) is 19.0 Å². The van der Waals surface area contributed by atoms with Gasteiger partial charge in [0.1, 0.15) is 0 Å². The first-order chi connectivity index (χ1) is 8.39. The Morgan fingerprint density at radius 3 is 2.56 bits per heavy atom. The van der Waals surface area contributed by atoms with Crippen LogP contribution in [0.2, 0.25) is 0 Å². The Hall–Kier alpha value is 0.140. The summed E-state index contributed by atoms with van der Waals surface area (Å²) in [7, 11) is 0. The first kappa shape index (κ1) is 16.2. The minimum atomic E-state index is 0.431. The van der Waals surface area contributed by atoms with Crippen molar-refractivity contribution in [3.05, 3.63) is 20.8 Å². The quantitative estimate of drug-likeness (QED) is 0.653. The summed E-state index contributed by atoms with van der Waals surface area (Å²) in [5.41, 5.74) is 0.431. The molecular weight excluding hydrogens is 306 g/mol. The van der Waals surface area contributed by atoms with Gasteiger partial charge in [-0.15, -0.1) is 11.3 Å². The summed E-state index contributed by atoms with van der Waals surface area (Å²) in [6.07, 6.45) is 3.73. The smallest absolute Gasteiger partial charge is 0.0701 e. The van der Waals surface area contributed by atoms with Gasteiger partial charge >= 0.3 is 0 Å². The molecule has 1 aromatic heterocycles. The average Bonchev–Trinajstić information content (AvgIpc) is 2.68. The van der Waals surface area contributed by atoms with Crippen LogP contribution < -0.4 is 5.32 Å². The maximum atomic E-state index is 3.54. The zero-order valence-corrected chi connectivity index (χ0v) is 14.5. The number of hydrogen-bond acceptors (Lipinski definition) is 2. The number of aryl methyl sites for hydroxylation is 1. The van der Waals surface area contributed by atoms with Crippen LogP contribution in [0.4, 0.5) is 0 Å². The third-order valence-corrected chi connectivity index (χ3v) is 4.89. The van der Waals surface area contributed by atoms with Gasteiger partial charge in [0.2, 0.25) is 0 Å². The molecule has 0 saturated heterocycles. The van der Waals surface area contributed by atoms with Gasteiger partial charge in [-0.1, -0.05) is 27.7 Å². The SMILES string of the molecule is CC(C)CNCCC(C)(C)CCc1ccc(Br)s1. The van der Waals surface area contributed by atoms with Crippen molar-refractivity contribution in [3.63, 3.8) is 0 Å². The van der Waals surface area contributed by atoms with E-state index in [1.165, 1.54) is 27.9 Å². The van der Waals surface area contributed by atoms with Crippen molar-refractivity contribution in [1.82, 2.24) is 5.32 Å². The van der Waals surface area contributed by atoms with Gasteiger partial charge in [0, 0.05) is 4.88 Å². The fourth-order valence-electron chi connectivity index (χ4n) is 1.89. The van der Waals surface area contributed by atoms with Gasteiger partial charge in [0.05, 0.1) is 3.79 Å². The predicted molar refractivity (Wildman–Crippen MR) is 86.4 cm³/mol. The highest BCUT2D eigenvalue weighted by molar-refractivity contribution is 9.11. The lowest BCUT2D eigenvalue weighted by atomic mass is 9.84. The van der Waals surface area contributed by atoms with Crippen molar-refractivity contribution < 1.29 is 0 Å². The van der Waals surface area contributed by atoms with Crippen LogP contribution in [0.1, 0.15) is 45.4 Å². The molecule has 0 saturated carbocycles. The molecule has 0 aliphatic heterocycles. The number of halogens is 1. The Balaban J connectivity index is 2.22. The van der Waals surface area contributed by atoms with Crippen molar-refractivity contribution in [3.8, 4) is 0 Å². The number of rotatable bonds is 8. The fourth-order valence-corrected chi connectivity index (χ4v) is 3.37. The number of hydrogen-bond donors (Lipinski definition) is 1. The fraction of sp³-hybridized carbons (Fsp3) is 0.733. The van der Waals surface area contributed by atoms with Crippen molar-refractivity contribution in [2.45, 2.75) is 47.0 Å². The average molecular weight is 332 g/mol. The molecule has 1 heterocycles. The van der Waals surface area contributed by atoms with Crippen LogP contribution in [-0.2, 0) is 6.42 Å². The van der Waals surface area contributed by atoms with Crippen LogP contribution in [0.15, 0.2) is 15.9 Å². The maximum Gasteiger partial charge on any atom is 0.0701 e. The lowest BCUT2D eigenvalue weighted by Gasteiger charge is -2.24. The second kappa shape index (κ2) is 7.66. The Kier molecular flexibility index (Phi) is 6.89. The molecule has 3 heteroatoms. The summed E-state index contributed by atoms with van der Waals surface area (Å²) in [5.74, 6) is 0.747. The van der Waals surface area contributed by atoms with Crippen molar-refractivity contribution >= 4 is 27.3 Å². The summed E-state index contributed by atoms with van der Waals surface area (Å²) in [5, 5.41) is 3.54. The second-order valence-corrected chi connectivity index (χ2v) is 8.77. The topological polar surface area (TPSA) is 12.0 Å². The van der Waals surface area contributed by atoms with Gasteiger partial charge < -0.3 is 5.32 Å². The molecule has 0 aliphatic rings. The molecule has 0 amide bonds. The molecule has 0 fully saturated rings. The lowest BCUT2D eigenvalue weighted by Crippen LogP contribution is -2.25. The van der Waals surface area contributed by atoms with Crippen LogP contribution in [0.5, 0.6) is 0 Å². The van der Waals surface area contributed by atoms with Gasteiger partial charge in [0.25, 0.3) is 0 Å². The predicted octanol–water partition coefficient (Wildman–Crippen LogP) is 5.11. The molecule has 0 bridgehead atoms. The first-order valence-electron chi connectivity index (χ1n) is 6.84. The normalized spacial score (nSPS) is 12.3. The van der Waals surface area contributed by atoms with E-state index in [1.54, 1.807) is 0 Å². The Bertz CT molecular complexity index is 344. The largest absolute Gasteiger partial charge is 0.316 e. The van der Waals surface area contributed by atoms with Crippen molar-refractivity contribution in [2.24, 2.45) is 11.3 Å². The van der Waals surface area contributed by atoms with E-state index in [-0.39, 0.29) is 0 Å². The van der Waals surface area contributed by atoms with E-state index in [1.807, 2.05) is 11.3 Å². The second-order valence-electron chi connectivity index (χ2n) is 6.22. The molecule has 0 unspecified atom stereocenters. The molecule has 0 aromatic carbocycles. The Morgan fingerprint density at radius 2 is 2.00 bits per heavy atom. The number of nitrogens with one attached hydrogen (secondary N) is 1. The Labute approximate surface area is 125 Å². The zero-order valence-electron chi connectivity index (χ0n) is 12.1. The first-order valence-corrected chi connectivity index (χ1v) is 8.45. The Morgan fingerprint density at radius 1 is 1.28 bits per heavy atom. The van der Waals surface area contributed by atoms with E-state index in [9.17, 15) is 0 Å². The van der Waals surface area contributed by atoms with Gasteiger partial charge in [0.15, 0.2) is 0 Å². The van der Waals surface area contributed by atoms with Crippen LogP contribution >= 0.6 is 27.3 Å². The minimum absolute atomic E-state index is 0.431. The zero-order chi connectivity index (χ0) is 13.6. The molecule has 0 radical (unpaired) electrons. The molecule has 1 N–H and O–H groups in total. The molecule has 0 spiro atoms. The summed E-state index contributed by atoms with van der Waals surface area (Å²) < 4.78 is 1.24. The van der Waals surface area contributed by atoms with Gasteiger partial charge in [-0.2, -0.15) is 0 Å². The maximum absolute atomic E-state index is 3.54. The van der Waals surface area contributed by atoms with Crippen LogP contribution in [-0.4, -0.2) is 13.1 Å². The van der Waals surface area contributed by atoms with Crippen molar-refractivity contribution in [2.75, 3.05) is 13.1 Å². The molecule has 1 rings (SSSR count). The summed E-state index contributed by atoms with van der Waals surface area (Å²) in [6, 6.07) is 4.39. The molecule has 104 valence electrons. The van der Waals surface area contributed by atoms with E-state index < -0.39 is 0 Å². The monoisotopic (exact) mass is 331 g/mol. The molecule has 18 heavy (non-hydrogen) atoms. The third kappa shape index (κ3) is 6.91. The van der Waals surface area contributed by atoms with Gasteiger partial charge in [-0.3, -0.25) is 0 Å². The van der Waals surface area contributed by atoms with E-state index >= 15 is 0 Å². The molecule has 0 aliphatic carbocycles. The summed E-state index contributed by atoms with van der Waals surface area (Å²) >= 11 is 5.39. The highest BCUT2D eigenvalue weighted by Gasteiger charge is 2.17. The van der Waals surface area contributed by atoms with E-state index in [0.29, 0.717) is 5.41 Å². The molecular formula is C15H26BrNS. The highest BCUT2D eigenvalue weighted by Crippen LogP contribution is 2.30. The molecule has 1 aromatic rings.